The zero-order chi connectivity index (χ0) is 14.4. The minimum atomic E-state index is 0.312. The SMILES string of the molecule is COc1cccc(COc2ccccc2C(C)=NO)n1. The second kappa shape index (κ2) is 6.56. The number of methoxy groups -OCH3 is 1. The molecular formula is C15H16N2O3. The van der Waals surface area contributed by atoms with Gasteiger partial charge in [-0.1, -0.05) is 23.4 Å². The lowest BCUT2D eigenvalue weighted by atomic mass is 10.1. The lowest BCUT2D eigenvalue weighted by molar-refractivity contribution is 0.296. The number of hydrogen-bond donors (Lipinski definition) is 1. The molecule has 0 unspecified atom stereocenters. The van der Waals surface area contributed by atoms with Crippen LogP contribution in [0, 0.1) is 0 Å². The maximum Gasteiger partial charge on any atom is 0.213 e. The summed E-state index contributed by atoms with van der Waals surface area (Å²) >= 11 is 0. The molecular weight excluding hydrogens is 256 g/mol. The minimum Gasteiger partial charge on any atom is -0.487 e. The van der Waals surface area contributed by atoms with Crippen molar-refractivity contribution in [1.82, 2.24) is 4.98 Å². The fourth-order valence-electron chi connectivity index (χ4n) is 1.75. The molecule has 1 heterocycles. The first kappa shape index (κ1) is 13.9. The Morgan fingerprint density at radius 1 is 1.20 bits per heavy atom. The average Bonchev–Trinajstić information content (AvgIpc) is 2.52. The molecule has 1 aromatic carbocycles. The molecule has 0 fully saturated rings. The van der Waals surface area contributed by atoms with Gasteiger partial charge in [-0.2, -0.15) is 0 Å². The van der Waals surface area contributed by atoms with Crippen LogP contribution >= 0.6 is 0 Å². The summed E-state index contributed by atoms with van der Waals surface area (Å²) in [5.41, 5.74) is 2.01. The monoisotopic (exact) mass is 272 g/mol. The lowest BCUT2D eigenvalue weighted by Crippen LogP contribution is -2.04. The molecule has 0 bridgehead atoms. The second-order valence-electron chi connectivity index (χ2n) is 4.14. The van der Waals surface area contributed by atoms with Crippen molar-refractivity contribution in [2.24, 2.45) is 5.16 Å². The van der Waals surface area contributed by atoms with Crippen LogP contribution in [-0.4, -0.2) is 23.0 Å². The van der Waals surface area contributed by atoms with E-state index >= 15 is 0 Å². The van der Waals surface area contributed by atoms with Crippen molar-refractivity contribution in [3.8, 4) is 11.6 Å². The van der Waals surface area contributed by atoms with Gasteiger partial charge in [0.1, 0.15) is 12.4 Å². The van der Waals surface area contributed by atoms with Crippen molar-refractivity contribution in [2.75, 3.05) is 7.11 Å². The van der Waals surface area contributed by atoms with Gasteiger partial charge in [0.05, 0.1) is 18.5 Å². The molecule has 1 aromatic heterocycles. The number of aromatic nitrogens is 1. The molecule has 0 aliphatic heterocycles. The molecule has 20 heavy (non-hydrogen) atoms. The first-order valence-corrected chi connectivity index (χ1v) is 6.15. The Kier molecular flexibility index (Phi) is 4.55. The third-order valence-electron chi connectivity index (χ3n) is 2.79. The molecule has 0 amide bonds. The van der Waals surface area contributed by atoms with Crippen molar-refractivity contribution in [2.45, 2.75) is 13.5 Å². The van der Waals surface area contributed by atoms with E-state index in [9.17, 15) is 0 Å². The van der Waals surface area contributed by atoms with Crippen molar-refractivity contribution >= 4 is 5.71 Å². The predicted octanol–water partition coefficient (Wildman–Crippen LogP) is 2.87. The number of nitrogens with zero attached hydrogens (tertiary/aromatic N) is 2. The minimum absolute atomic E-state index is 0.312. The van der Waals surface area contributed by atoms with Crippen LogP contribution in [-0.2, 0) is 6.61 Å². The zero-order valence-electron chi connectivity index (χ0n) is 11.4. The van der Waals surface area contributed by atoms with Gasteiger partial charge in [-0.15, -0.1) is 0 Å². The highest BCUT2D eigenvalue weighted by molar-refractivity contribution is 6.00. The molecule has 2 aromatic rings. The molecule has 0 saturated heterocycles. The summed E-state index contributed by atoms with van der Waals surface area (Å²) < 4.78 is 10.8. The molecule has 5 heteroatoms. The van der Waals surface area contributed by atoms with Crippen LogP contribution in [0.25, 0.3) is 0 Å². The van der Waals surface area contributed by atoms with Crippen LogP contribution in [0.4, 0.5) is 0 Å². The van der Waals surface area contributed by atoms with E-state index in [2.05, 4.69) is 10.1 Å². The molecule has 0 aliphatic carbocycles. The summed E-state index contributed by atoms with van der Waals surface area (Å²) in [6.45, 7) is 2.03. The highest BCUT2D eigenvalue weighted by Gasteiger charge is 2.07. The van der Waals surface area contributed by atoms with Crippen LogP contribution in [0.5, 0.6) is 11.6 Å². The van der Waals surface area contributed by atoms with Crippen LogP contribution in [0.15, 0.2) is 47.6 Å². The summed E-state index contributed by atoms with van der Waals surface area (Å²) in [6, 6.07) is 12.9. The normalized spacial score (nSPS) is 11.2. The molecule has 0 saturated carbocycles. The molecule has 1 N–H and O–H groups in total. The lowest BCUT2D eigenvalue weighted by Gasteiger charge is -2.10. The van der Waals surface area contributed by atoms with Crippen molar-refractivity contribution in [3.63, 3.8) is 0 Å². The van der Waals surface area contributed by atoms with Crippen LogP contribution in [0.3, 0.4) is 0 Å². The van der Waals surface area contributed by atoms with Crippen molar-refractivity contribution in [3.05, 3.63) is 53.7 Å². The van der Waals surface area contributed by atoms with Gasteiger partial charge < -0.3 is 14.7 Å². The summed E-state index contributed by atoms with van der Waals surface area (Å²) in [7, 11) is 1.57. The summed E-state index contributed by atoms with van der Waals surface area (Å²) in [4.78, 5) is 4.27. The van der Waals surface area contributed by atoms with Gasteiger partial charge in [-0.3, -0.25) is 0 Å². The average molecular weight is 272 g/mol. The Morgan fingerprint density at radius 3 is 2.75 bits per heavy atom. The fourth-order valence-corrected chi connectivity index (χ4v) is 1.75. The number of pyridine rings is 1. The number of oxime groups is 1. The zero-order valence-corrected chi connectivity index (χ0v) is 11.4. The number of hydrogen-bond acceptors (Lipinski definition) is 5. The molecule has 2 rings (SSSR count). The third-order valence-corrected chi connectivity index (χ3v) is 2.79. The van der Waals surface area contributed by atoms with Gasteiger partial charge in [0.2, 0.25) is 5.88 Å². The largest absolute Gasteiger partial charge is 0.487 e. The van der Waals surface area contributed by atoms with E-state index in [1.165, 1.54) is 0 Å². The van der Waals surface area contributed by atoms with Crippen LogP contribution in [0.2, 0.25) is 0 Å². The second-order valence-corrected chi connectivity index (χ2v) is 4.14. The quantitative estimate of drug-likeness (QED) is 0.516. The van der Waals surface area contributed by atoms with E-state index in [-0.39, 0.29) is 0 Å². The van der Waals surface area contributed by atoms with E-state index in [0.29, 0.717) is 23.9 Å². The number of benzene rings is 1. The smallest absolute Gasteiger partial charge is 0.213 e. The fraction of sp³-hybridized carbons (Fsp3) is 0.200. The Bertz CT molecular complexity index is 612. The molecule has 0 spiro atoms. The first-order chi connectivity index (χ1) is 9.74. The number of para-hydroxylation sites is 1. The standard InChI is InChI=1S/C15H16N2O3/c1-11(17-18)13-7-3-4-8-14(13)20-10-12-6-5-9-15(16-12)19-2/h3-9,18H,10H2,1-2H3. The van der Waals surface area contributed by atoms with Crippen molar-refractivity contribution < 1.29 is 14.7 Å². The Hall–Kier alpha value is -2.56. The third kappa shape index (κ3) is 3.26. The van der Waals surface area contributed by atoms with E-state index in [1.807, 2.05) is 36.4 Å². The first-order valence-electron chi connectivity index (χ1n) is 6.15. The number of ether oxygens (including phenoxy) is 2. The molecule has 104 valence electrons. The summed E-state index contributed by atoms with van der Waals surface area (Å²) in [5, 5.41) is 12.1. The van der Waals surface area contributed by atoms with E-state index in [1.54, 1.807) is 20.1 Å². The van der Waals surface area contributed by atoms with Gasteiger partial charge >= 0.3 is 0 Å². The molecule has 5 nitrogen and oxygen atoms in total. The summed E-state index contributed by atoms with van der Waals surface area (Å²) in [6.07, 6.45) is 0. The Morgan fingerprint density at radius 2 is 2.00 bits per heavy atom. The van der Waals surface area contributed by atoms with Crippen molar-refractivity contribution in [1.29, 1.82) is 0 Å². The van der Waals surface area contributed by atoms with E-state index in [0.717, 1.165) is 11.3 Å². The van der Waals surface area contributed by atoms with E-state index in [4.69, 9.17) is 14.7 Å². The Balaban J connectivity index is 2.14. The Labute approximate surface area is 117 Å². The van der Waals surface area contributed by atoms with Gasteiger partial charge in [-0.05, 0) is 25.1 Å². The molecule has 0 radical (unpaired) electrons. The van der Waals surface area contributed by atoms with Gasteiger partial charge in [-0.25, -0.2) is 4.98 Å². The topological polar surface area (TPSA) is 63.9 Å². The highest BCUT2D eigenvalue weighted by atomic mass is 16.5. The van der Waals surface area contributed by atoms with Crippen LogP contribution in [0.1, 0.15) is 18.2 Å². The maximum atomic E-state index is 8.87. The van der Waals surface area contributed by atoms with Gasteiger partial charge in [0.25, 0.3) is 0 Å². The maximum absolute atomic E-state index is 8.87. The van der Waals surface area contributed by atoms with Crippen LogP contribution < -0.4 is 9.47 Å². The molecule has 0 aliphatic rings. The predicted molar refractivity (Wildman–Crippen MR) is 75.6 cm³/mol. The number of rotatable bonds is 5. The molecule has 0 atom stereocenters. The van der Waals surface area contributed by atoms with Gasteiger partial charge in [0.15, 0.2) is 0 Å². The summed E-state index contributed by atoms with van der Waals surface area (Å²) in [5.74, 6) is 1.19. The van der Waals surface area contributed by atoms with Gasteiger partial charge in [0, 0.05) is 11.6 Å². The van der Waals surface area contributed by atoms with E-state index < -0.39 is 0 Å². The highest BCUT2D eigenvalue weighted by Crippen LogP contribution is 2.20.